The number of epoxide rings is 1. The molecule has 0 aromatic rings. The van der Waals surface area contributed by atoms with Crippen LogP contribution >= 0.6 is 0 Å². The highest BCUT2D eigenvalue weighted by Crippen LogP contribution is 2.30. The highest BCUT2D eigenvalue weighted by molar-refractivity contribution is 5.02. The van der Waals surface area contributed by atoms with Gasteiger partial charge in [-0.05, 0) is 19.3 Å². The third-order valence-corrected chi connectivity index (χ3v) is 4.11. The van der Waals surface area contributed by atoms with E-state index < -0.39 is 0 Å². The van der Waals surface area contributed by atoms with Crippen LogP contribution in [0.25, 0.3) is 0 Å². The largest absolute Gasteiger partial charge is 0.369 e. The minimum atomic E-state index is 0.509. The lowest BCUT2D eigenvalue weighted by molar-refractivity contribution is 0.358. The van der Waals surface area contributed by atoms with E-state index in [0.717, 1.165) is 12.8 Å². The predicted octanol–water partition coefficient (Wildman–Crippen LogP) is 6.36. The van der Waals surface area contributed by atoms with Crippen molar-refractivity contribution < 1.29 is 4.74 Å². The van der Waals surface area contributed by atoms with Gasteiger partial charge in [-0.3, -0.25) is 0 Å². The SMILES string of the molecule is C=CC=CCC=CC[C@H]1O[C@@H]1CCCCCCCCCC. The van der Waals surface area contributed by atoms with Crippen LogP contribution in [0.15, 0.2) is 37.0 Å². The normalized spacial score (nSPS) is 21.4. The second kappa shape index (κ2) is 12.9. The molecule has 0 aromatic heterocycles. The molecule has 0 bridgehead atoms. The summed E-state index contributed by atoms with van der Waals surface area (Å²) in [5.74, 6) is 0. The molecule has 120 valence electrons. The molecule has 0 saturated carbocycles. The Bertz CT molecular complexity index is 303. The Morgan fingerprint density at radius 1 is 0.857 bits per heavy atom. The van der Waals surface area contributed by atoms with Gasteiger partial charge in [0, 0.05) is 0 Å². The summed E-state index contributed by atoms with van der Waals surface area (Å²) in [6, 6.07) is 0. The van der Waals surface area contributed by atoms with Crippen molar-refractivity contribution in [1.29, 1.82) is 0 Å². The van der Waals surface area contributed by atoms with Crippen molar-refractivity contribution in [2.24, 2.45) is 0 Å². The number of hydrogen-bond donors (Lipinski definition) is 0. The van der Waals surface area contributed by atoms with E-state index in [4.69, 9.17) is 4.74 Å². The first-order valence-corrected chi connectivity index (χ1v) is 8.96. The number of rotatable bonds is 14. The van der Waals surface area contributed by atoms with Crippen molar-refractivity contribution in [2.75, 3.05) is 0 Å². The molecule has 1 aliphatic heterocycles. The van der Waals surface area contributed by atoms with Crippen LogP contribution in [0.3, 0.4) is 0 Å². The van der Waals surface area contributed by atoms with Gasteiger partial charge in [0.15, 0.2) is 0 Å². The Labute approximate surface area is 132 Å². The summed E-state index contributed by atoms with van der Waals surface area (Å²) in [5.41, 5.74) is 0. The van der Waals surface area contributed by atoms with E-state index >= 15 is 0 Å². The molecule has 0 unspecified atom stereocenters. The van der Waals surface area contributed by atoms with Gasteiger partial charge >= 0.3 is 0 Å². The number of unbranched alkanes of at least 4 members (excludes halogenated alkanes) is 7. The van der Waals surface area contributed by atoms with Crippen LogP contribution in [0, 0.1) is 0 Å². The minimum absolute atomic E-state index is 0.509. The Hall–Kier alpha value is -0.820. The molecular formula is C20H34O. The van der Waals surface area contributed by atoms with Gasteiger partial charge in [0.2, 0.25) is 0 Å². The summed E-state index contributed by atoms with van der Waals surface area (Å²) in [6.45, 7) is 5.93. The first kappa shape index (κ1) is 18.2. The standard InChI is InChI=1S/C20H34O/c1-3-5-7-9-11-12-14-16-18-20-19(21-20)17-15-13-10-8-6-4-2/h4,6,8,13,15,19-20H,2-3,5,7,9-12,14,16-18H2,1H3/t19-,20-/m1/s1. The fourth-order valence-electron chi connectivity index (χ4n) is 2.70. The van der Waals surface area contributed by atoms with Gasteiger partial charge < -0.3 is 4.74 Å². The van der Waals surface area contributed by atoms with E-state index in [1.807, 2.05) is 12.2 Å². The smallest absolute Gasteiger partial charge is 0.0876 e. The van der Waals surface area contributed by atoms with Crippen LogP contribution in [0.2, 0.25) is 0 Å². The zero-order valence-electron chi connectivity index (χ0n) is 13.9. The summed E-state index contributed by atoms with van der Waals surface area (Å²) in [7, 11) is 0. The highest BCUT2D eigenvalue weighted by atomic mass is 16.6. The van der Waals surface area contributed by atoms with Crippen LogP contribution in [-0.2, 0) is 4.74 Å². The molecule has 1 rings (SSSR count). The van der Waals surface area contributed by atoms with Crippen LogP contribution in [0.1, 0.15) is 77.6 Å². The van der Waals surface area contributed by atoms with Crippen molar-refractivity contribution in [3.8, 4) is 0 Å². The van der Waals surface area contributed by atoms with Crippen molar-refractivity contribution in [2.45, 2.75) is 89.8 Å². The van der Waals surface area contributed by atoms with Crippen molar-refractivity contribution >= 4 is 0 Å². The quantitative estimate of drug-likeness (QED) is 0.157. The Kier molecular flexibility index (Phi) is 11.2. The van der Waals surface area contributed by atoms with E-state index in [1.54, 1.807) is 0 Å². The molecule has 0 aromatic carbocycles. The van der Waals surface area contributed by atoms with Crippen LogP contribution in [0.4, 0.5) is 0 Å². The molecule has 1 aliphatic rings. The molecule has 0 radical (unpaired) electrons. The fourth-order valence-corrected chi connectivity index (χ4v) is 2.70. The summed E-state index contributed by atoms with van der Waals surface area (Å²) in [5, 5.41) is 0. The Morgan fingerprint density at radius 2 is 1.57 bits per heavy atom. The van der Waals surface area contributed by atoms with Crippen LogP contribution < -0.4 is 0 Å². The maximum atomic E-state index is 5.72. The topological polar surface area (TPSA) is 12.5 Å². The summed E-state index contributed by atoms with van der Waals surface area (Å²) in [6.07, 6.45) is 26.0. The second-order valence-electron chi connectivity index (χ2n) is 6.08. The third kappa shape index (κ3) is 10.5. The summed E-state index contributed by atoms with van der Waals surface area (Å²) >= 11 is 0. The number of allylic oxidation sites excluding steroid dienone is 4. The number of ether oxygens (including phenoxy) is 1. The van der Waals surface area contributed by atoms with E-state index in [-0.39, 0.29) is 0 Å². The number of hydrogen-bond acceptors (Lipinski definition) is 1. The van der Waals surface area contributed by atoms with Gasteiger partial charge in [-0.2, -0.15) is 0 Å². The van der Waals surface area contributed by atoms with E-state index in [0.29, 0.717) is 12.2 Å². The van der Waals surface area contributed by atoms with Crippen molar-refractivity contribution in [3.63, 3.8) is 0 Å². The molecule has 1 fully saturated rings. The fraction of sp³-hybridized carbons (Fsp3) is 0.700. The van der Waals surface area contributed by atoms with Gasteiger partial charge in [0.05, 0.1) is 12.2 Å². The Balaban J connectivity index is 1.84. The summed E-state index contributed by atoms with van der Waals surface area (Å²) in [4.78, 5) is 0. The highest BCUT2D eigenvalue weighted by Gasteiger charge is 2.36. The summed E-state index contributed by atoms with van der Waals surface area (Å²) < 4.78 is 5.72. The molecule has 0 N–H and O–H groups in total. The van der Waals surface area contributed by atoms with Crippen molar-refractivity contribution in [3.05, 3.63) is 37.0 Å². The molecule has 1 saturated heterocycles. The predicted molar refractivity (Wildman–Crippen MR) is 93.6 cm³/mol. The average Bonchev–Trinajstić information content (AvgIpc) is 3.24. The zero-order chi connectivity index (χ0) is 15.2. The molecule has 1 heteroatoms. The van der Waals surface area contributed by atoms with Crippen LogP contribution in [-0.4, -0.2) is 12.2 Å². The maximum absolute atomic E-state index is 5.72. The maximum Gasteiger partial charge on any atom is 0.0876 e. The van der Waals surface area contributed by atoms with Gasteiger partial charge in [-0.15, -0.1) is 0 Å². The van der Waals surface area contributed by atoms with Gasteiger partial charge in [0.1, 0.15) is 0 Å². The van der Waals surface area contributed by atoms with E-state index in [2.05, 4.69) is 31.7 Å². The van der Waals surface area contributed by atoms with E-state index in [1.165, 1.54) is 57.8 Å². The zero-order valence-corrected chi connectivity index (χ0v) is 13.9. The molecular weight excluding hydrogens is 256 g/mol. The molecule has 1 heterocycles. The van der Waals surface area contributed by atoms with Crippen LogP contribution in [0.5, 0.6) is 0 Å². The lowest BCUT2D eigenvalue weighted by Gasteiger charge is -2.00. The molecule has 2 atom stereocenters. The third-order valence-electron chi connectivity index (χ3n) is 4.11. The van der Waals surface area contributed by atoms with Crippen molar-refractivity contribution in [1.82, 2.24) is 0 Å². The first-order valence-electron chi connectivity index (χ1n) is 8.96. The minimum Gasteiger partial charge on any atom is -0.369 e. The monoisotopic (exact) mass is 290 g/mol. The molecule has 0 spiro atoms. The lowest BCUT2D eigenvalue weighted by atomic mass is 10.1. The Morgan fingerprint density at radius 3 is 2.29 bits per heavy atom. The van der Waals surface area contributed by atoms with Gasteiger partial charge in [0.25, 0.3) is 0 Å². The van der Waals surface area contributed by atoms with Gasteiger partial charge in [-0.25, -0.2) is 0 Å². The lowest BCUT2D eigenvalue weighted by Crippen LogP contribution is -1.93. The first-order chi connectivity index (χ1) is 10.4. The van der Waals surface area contributed by atoms with E-state index in [9.17, 15) is 0 Å². The molecule has 0 amide bonds. The molecule has 0 aliphatic carbocycles. The second-order valence-corrected chi connectivity index (χ2v) is 6.08. The average molecular weight is 290 g/mol. The van der Waals surface area contributed by atoms with Gasteiger partial charge in [-0.1, -0.05) is 95.2 Å². The molecule has 1 nitrogen and oxygen atoms in total. The molecule has 21 heavy (non-hydrogen) atoms.